The van der Waals surface area contributed by atoms with Crippen LogP contribution in [0.15, 0.2) is 24.3 Å². The Bertz CT molecular complexity index is 968. The predicted octanol–water partition coefficient (Wildman–Crippen LogP) is -3.47. The number of carbonyl (C=O) groups is 6. The molecule has 0 aliphatic carbocycles. The van der Waals surface area contributed by atoms with Gasteiger partial charge in [0.2, 0.25) is 23.6 Å². The Morgan fingerprint density at radius 2 is 1.36 bits per heavy atom. The average molecular weight is 511 g/mol. The Balaban J connectivity index is 3.06. The fourth-order valence-electron chi connectivity index (χ4n) is 2.92. The Kier molecular flexibility index (Phi) is 11.8. The molecule has 0 heterocycles. The number of nitrogens with two attached hydrogens (primary N) is 2. The lowest BCUT2D eigenvalue weighted by Crippen LogP contribution is -2.58. The van der Waals surface area contributed by atoms with Crippen molar-refractivity contribution in [1.29, 1.82) is 0 Å². The zero-order valence-corrected chi connectivity index (χ0v) is 19.0. The van der Waals surface area contributed by atoms with E-state index in [1.807, 2.05) is 0 Å². The number of aliphatic carboxylic acids is 2. The van der Waals surface area contributed by atoms with Gasteiger partial charge in [-0.15, -0.1) is 0 Å². The van der Waals surface area contributed by atoms with E-state index < -0.39 is 72.8 Å². The van der Waals surface area contributed by atoms with Gasteiger partial charge in [-0.2, -0.15) is 0 Å². The van der Waals surface area contributed by atoms with E-state index in [0.29, 0.717) is 5.56 Å². The second kappa shape index (κ2) is 14.2. The Morgan fingerprint density at radius 1 is 0.833 bits per heavy atom. The van der Waals surface area contributed by atoms with Crippen molar-refractivity contribution in [3.05, 3.63) is 29.8 Å². The summed E-state index contributed by atoms with van der Waals surface area (Å²) < 4.78 is 0. The van der Waals surface area contributed by atoms with Gasteiger partial charge >= 0.3 is 11.9 Å². The second-order valence-electron chi connectivity index (χ2n) is 7.78. The maximum Gasteiger partial charge on any atom is 0.326 e. The topological polar surface area (TPSA) is 271 Å². The van der Waals surface area contributed by atoms with Crippen LogP contribution in [0.3, 0.4) is 0 Å². The molecule has 0 aromatic heterocycles. The molecule has 4 amide bonds. The third-order valence-electron chi connectivity index (χ3n) is 4.85. The molecule has 15 heteroatoms. The van der Waals surface area contributed by atoms with Crippen molar-refractivity contribution in [2.24, 2.45) is 11.5 Å². The number of benzene rings is 1. The van der Waals surface area contributed by atoms with E-state index in [1.165, 1.54) is 24.3 Å². The number of carbonyl (C=O) groups excluding carboxylic acids is 4. The van der Waals surface area contributed by atoms with Crippen molar-refractivity contribution in [3.63, 3.8) is 0 Å². The molecule has 0 saturated carbocycles. The van der Waals surface area contributed by atoms with Crippen LogP contribution in [-0.2, 0) is 35.2 Å². The minimum absolute atomic E-state index is 0.0677. The van der Waals surface area contributed by atoms with Crippen molar-refractivity contribution >= 4 is 35.6 Å². The highest BCUT2D eigenvalue weighted by molar-refractivity contribution is 5.95. The molecule has 4 unspecified atom stereocenters. The second-order valence-corrected chi connectivity index (χ2v) is 7.78. The molecule has 0 fully saturated rings. The van der Waals surface area contributed by atoms with Gasteiger partial charge in [0, 0.05) is 12.8 Å². The van der Waals surface area contributed by atoms with Crippen molar-refractivity contribution in [3.8, 4) is 5.75 Å². The molecule has 0 radical (unpaired) electrons. The maximum atomic E-state index is 12.9. The summed E-state index contributed by atoms with van der Waals surface area (Å²) >= 11 is 0. The van der Waals surface area contributed by atoms with Crippen LogP contribution in [0, 0.1) is 0 Å². The van der Waals surface area contributed by atoms with Gasteiger partial charge in [0.1, 0.15) is 23.9 Å². The fourth-order valence-corrected chi connectivity index (χ4v) is 2.92. The van der Waals surface area contributed by atoms with Crippen LogP contribution in [0.4, 0.5) is 0 Å². The van der Waals surface area contributed by atoms with Crippen molar-refractivity contribution in [2.75, 3.05) is 6.61 Å². The van der Waals surface area contributed by atoms with Crippen LogP contribution >= 0.6 is 0 Å². The number of carboxylic acid groups (broad SMARTS) is 2. The van der Waals surface area contributed by atoms with Crippen LogP contribution in [0.1, 0.15) is 24.8 Å². The van der Waals surface area contributed by atoms with Gasteiger partial charge in [-0.25, -0.2) is 4.79 Å². The highest BCUT2D eigenvalue weighted by Gasteiger charge is 2.30. The van der Waals surface area contributed by atoms with Gasteiger partial charge in [0.05, 0.1) is 19.1 Å². The molecular formula is C21H29N5O10. The first-order valence-corrected chi connectivity index (χ1v) is 10.6. The summed E-state index contributed by atoms with van der Waals surface area (Å²) in [6.45, 7) is -0.929. The number of aromatic hydroxyl groups is 1. The van der Waals surface area contributed by atoms with Gasteiger partial charge in [-0.05, 0) is 24.1 Å². The summed E-state index contributed by atoms with van der Waals surface area (Å²) in [4.78, 5) is 70.8. The first-order valence-electron chi connectivity index (χ1n) is 10.6. The van der Waals surface area contributed by atoms with Crippen LogP contribution in [0.2, 0.25) is 0 Å². The Hall–Kier alpha value is -4.24. The lowest BCUT2D eigenvalue weighted by Gasteiger charge is -2.24. The van der Waals surface area contributed by atoms with Crippen LogP contribution in [0.25, 0.3) is 0 Å². The largest absolute Gasteiger partial charge is 0.508 e. The molecule has 0 bridgehead atoms. The lowest BCUT2D eigenvalue weighted by atomic mass is 10.0. The molecule has 11 N–H and O–H groups in total. The summed E-state index contributed by atoms with van der Waals surface area (Å²) in [7, 11) is 0. The molecule has 0 saturated heterocycles. The normalized spacial score (nSPS) is 13.9. The third kappa shape index (κ3) is 10.4. The number of aliphatic hydroxyl groups excluding tert-OH is 1. The molecule has 0 aliphatic heterocycles. The Labute approximate surface area is 204 Å². The van der Waals surface area contributed by atoms with E-state index in [4.69, 9.17) is 16.6 Å². The van der Waals surface area contributed by atoms with E-state index in [0.717, 1.165) is 0 Å². The van der Waals surface area contributed by atoms with Crippen LogP contribution in [-0.4, -0.2) is 86.8 Å². The molecule has 36 heavy (non-hydrogen) atoms. The van der Waals surface area contributed by atoms with Crippen molar-refractivity contribution < 1.29 is 49.2 Å². The minimum Gasteiger partial charge on any atom is -0.508 e. The van der Waals surface area contributed by atoms with E-state index in [-0.39, 0.29) is 25.0 Å². The highest BCUT2D eigenvalue weighted by atomic mass is 16.4. The number of aliphatic hydroxyl groups is 1. The zero-order chi connectivity index (χ0) is 27.4. The Morgan fingerprint density at radius 3 is 1.86 bits per heavy atom. The number of hydrogen-bond acceptors (Lipinski definition) is 9. The predicted molar refractivity (Wildman–Crippen MR) is 121 cm³/mol. The number of phenolic OH excluding ortho intramolecular Hbond substituents is 1. The van der Waals surface area contributed by atoms with Gasteiger partial charge < -0.3 is 47.8 Å². The molecule has 1 aromatic rings. The standard InChI is InChI=1S/C21H29N5O10/c22-12(8-17(30)31)18(32)26-15(9-27)20(34)25-14(7-10-1-3-11(28)4-2-10)19(33)24-13(21(35)36)5-6-16(23)29/h1-4,12-15,27-28H,5-9,22H2,(H2,23,29)(H,24,33)(H,25,34)(H,26,32)(H,30,31)(H,35,36). The SMILES string of the molecule is NC(=O)CCC(NC(=O)C(Cc1ccc(O)cc1)NC(=O)C(CO)NC(=O)C(N)CC(=O)O)C(=O)O. The number of hydrogen-bond donors (Lipinski definition) is 9. The molecule has 1 aromatic carbocycles. The van der Waals surface area contributed by atoms with Crippen LogP contribution in [0.5, 0.6) is 5.75 Å². The minimum atomic E-state index is -1.61. The number of nitrogens with one attached hydrogen (secondary N) is 3. The number of carboxylic acids is 2. The number of rotatable bonds is 15. The molecule has 198 valence electrons. The molecule has 0 aliphatic rings. The first-order chi connectivity index (χ1) is 16.8. The van der Waals surface area contributed by atoms with Crippen molar-refractivity contribution in [1.82, 2.24) is 16.0 Å². The molecule has 15 nitrogen and oxygen atoms in total. The molecule has 1 rings (SSSR count). The smallest absolute Gasteiger partial charge is 0.326 e. The summed E-state index contributed by atoms with van der Waals surface area (Å²) in [6, 6.07) is -0.527. The first kappa shape index (κ1) is 29.8. The summed E-state index contributed by atoms with van der Waals surface area (Å²) in [5.74, 6) is -6.71. The average Bonchev–Trinajstić information content (AvgIpc) is 2.79. The quantitative estimate of drug-likeness (QED) is 0.112. The number of phenols is 1. The third-order valence-corrected chi connectivity index (χ3v) is 4.85. The van der Waals surface area contributed by atoms with E-state index in [9.17, 15) is 44.1 Å². The highest BCUT2D eigenvalue weighted by Crippen LogP contribution is 2.12. The molecule has 0 spiro atoms. The number of primary amides is 1. The molecular weight excluding hydrogens is 482 g/mol. The van der Waals surface area contributed by atoms with Gasteiger partial charge in [-0.3, -0.25) is 24.0 Å². The van der Waals surface area contributed by atoms with Gasteiger partial charge in [0.15, 0.2) is 0 Å². The maximum absolute atomic E-state index is 12.9. The van der Waals surface area contributed by atoms with Crippen molar-refractivity contribution in [2.45, 2.75) is 49.9 Å². The lowest BCUT2D eigenvalue weighted by molar-refractivity contribution is -0.142. The summed E-state index contributed by atoms with van der Waals surface area (Å²) in [5.41, 5.74) is 10.9. The fraction of sp³-hybridized carbons (Fsp3) is 0.429. The molecule has 4 atom stereocenters. The van der Waals surface area contributed by atoms with Crippen LogP contribution < -0.4 is 27.4 Å². The van der Waals surface area contributed by atoms with E-state index in [1.54, 1.807) is 0 Å². The monoisotopic (exact) mass is 511 g/mol. The van der Waals surface area contributed by atoms with Gasteiger partial charge in [-0.1, -0.05) is 12.1 Å². The van der Waals surface area contributed by atoms with E-state index >= 15 is 0 Å². The van der Waals surface area contributed by atoms with E-state index in [2.05, 4.69) is 16.0 Å². The zero-order valence-electron chi connectivity index (χ0n) is 19.0. The van der Waals surface area contributed by atoms with Gasteiger partial charge in [0.25, 0.3) is 0 Å². The summed E-state index contributed by atoms with van der Waals surface area (Å²) in [5, 5.41) is 43.6. The number of amides is 4. The summed E-state index contributed by atoms with van der Waals surface area (Å²) in [6.07, 6.45) is -1.57.